The van der Waals surface area contributed by atoms with Crippen LogP contribution in [-0.4, -0.2) is 17.1 Å². The van der Waals surface area contributed by atoms with E-state index in [1.807, 2.05) is 36.4 Å². The summed E-state index contributed by atoms with van der Waals surface area (Å²) < 4.78 is 6.22. The summed E-state index contributed by atoms with van der Waals surface area (Å²) >= 11 is 3.51. The Kier molecular flexibility index (Phi) is 3.70. The van der Waals surface area contributed by atoms with Gasteiger partial charge in [0, 0.05) is 16.6 Å². The third-order valence-electron chi connectivity index (χ3n) is 3.27. The first-order chi connectivity index (χ1) is 10.2. The molecule has 0 fully saturated rings. The molecule has 0 saturated heterocycles. The molecule has 0 aliphatic heterocycles. The van der Waals surface area contributed by atoms with Gasteiger partial charge in [-0.05, 0) is 34.1 Å². The van der Waals surface area contributed by atoms with Crippen molar-refractivity contribution in [3.63, 3.8) is 0 Å². The second-order valence-corrected chi connectivity index (χ2v) is 5.48. The largest absolute Gasteiger partial charge is 0.496 e. The summed E-state index contributed by atoms with van der Waals surface area (Å²) in [6, 6.07) is 11.6. The minimum Gasteiger partial charge on any atom is -0.496 e. The van der Waals surface area contributed by atoms with Gasteiger partial charge < -0.3 is 20.0 Å². The number of para-hydroxylation sites is 1. The van der Waals surface area contributed by atoms with Crippen molar-refractivity contribution in [3.8, 4) is 5.75 Å². The van der Waals surface area contributed by atoms with Crippen LogP contribution in [-0.2, 0) is 6.54 Å². The van der Waals surface area contributed by atoms with Gasteiger partial charge in [0.15, 0.2) is 0 Å². The molecular formula is C15H14BrN3O2. The van der Waals surface area contributed by atoms with Gasteiger partial charge in [-0.15, -0.1) is 0 Å². The number of hydrogen-bond donors (Lipinski definition) is 3. The quantitative estimate of drug-likeness (QED) is 0.678. The highest BCUT2D eigenvalue weighted by Gasteiger charge is 2.07. The van der Waals surface area contributed by atoms with Gasteiger partial charge in [0.2, 0.25) is 0 Å². The molecule has 3 rings (SSSR count). The summed E-state index contributed by atoms with van der Waals surface area (Å²) in [7, 11) is 1.66. The highest BCUT2D eigenvalue weighted by atomic mass is 79.9. The molecule has 3 aromatic rings. The molecule has 0 radical (unpaired) electrons. The van der Waals surface area contributed by atoms with Crippen LogP contribution in [0.4, 0.5) is 5.69 Å². The van der Waals surface area contributed by atoms with Crippen LogP contribution >= 0.6 is 15.9 Å². The summed E-state index contributed by atoms with van der Waals surface area (Å²) in [5, 5.41) is 3.34. The Morgan fingerprint density at radius 2 is 1.90 bits per heavy atom. The van der Waals surface area contributed by atoms with Gasteiger partial charge in [-0.25, -0.2) is 4.79 Å². The zero-order chi connectivity index (χ0) is 14.8. The minimum atomic E-state index is -0.209. The zero-order valence-corrected chi connectivity index (χ0v) is 13.0. The van der Waals surface area contributed by atoms with Crippen molar-refractivity contribution < 1.29 is 4.74 Å². The van der Waals surface area contributed by atoms with Gasteiger partial charge >= 0.3 is 5.69 Å². The highest BCUT2D eigenvalue weighted by molar-refractivity contribution is 9.10. The molecule has 0 spiro atoms. The van der Waals surface area contributed by atoms with E-state index in [4.69, 9.17) is 4.74 Å². The number of H-pyrrole nitrogens is 2. The summed E-state index contributed by atoms with van der Waals surface area (Å²) in [6.45, 7) is 0.628. The molecule has 0 saturated carbocycles. The first-order valence-corrected chi connectivity index (χ1v) is 7.24. The molecule has 2 aromatic carbocycles. The van der Waals surface area contributed by atoms with Crippen LogP contribution in [0.3, 0.4) is 0 Å². The zero-order valence-electron chi connectivity index (χ0n) is 11.4. The van der Waals surface area contributed by atoms with Gasteiger partial charge in [0.05, 0.1) is 23.8 Å². The van der Waals surface area contributed by atoms with Crippen molar-refractivity contribution in [2.24, 2.45) is 0 Å². The van der Waals surface area contributed by atoms with Crippen LogP contribution < -0.4 is 15.7 Å². The molecule has 0 unspecified atom stereocenters. The topological polar surface area (TPSA) is 69.9 Å². The van der Waals surface area contributed by atoms with Crippen molar-refractivity contribution in [1.29, 1.82) is 0 Å². The van der Waals surface area contributed by atoms with Crippen molar-refractivity contribution in [2.45, 2.75) is 6.54 Å². The predicted molar refractivity (Wildman–Crippen MR) is 86.9 cm³/mol. The number of anilines is 1. The molecule has 0 amide bonds. The first kappa shape index (κ1) is 13.8. The maximum Gasteiger partial charge on any atom is 0.323 e. The monoisotopic (exact) mass is 347 g/mol. The SMILES string of the molecule is COc1ccccc1CNc1cc2[nH]c(=O)[nH]c2cc1Br. The lowest BCUT2D eigenvalue weighted by atomic mass is 10.2. The van der Waals surface area contributed by atoms with Crippen LogP contribution in [0, 0.1) is 0 Å². The number of fused-ring (bicyclic) bond motifs is 1. The van der Waals surface area contributed by atoms with E-state index in [0.29, 0.717) is 6.54 Å². The number of aromatic amines is 2. The number of imidazole rings is 1. The van der Waals surface area contributed by atoms with Crippen LogP contribution in [0.5, 0.6) is 5.75 Å². The maximum absolute atomic E-state index is 11.3. The second kappa shape index (κ2) is 5.65. The summed E-state index contributed by atoms with van der Waals surface area (Å²) in [6.07, 6.45) is 0. The number of rotatable bonds is 4. The van der Waals surface area contributed by atoms with Crippen molar-refractivity contribution in [3.05, 3.63) is 56.9 Å². The number of methoxy groups -OCH3 is 1. The van der Waals surface area contributed by atoms with Crippen LogP contribution in [0.15, 0.2) is 45.7 Å². The number of aromatic nitrogens is 2. The molecular weight excluding hydrogens is 334 g/mol. The molecule has 21 heavy (non-hydrogen) atoms. The Labute approximate surface area is 129 Å². The molecule has 3 N–H and O–H groups in total. The molecule has 0 atom stereocenters. The average molecular weight is 348 g/mol. The average Bonchev–Trinajstić information content (AvgIpc) is 2.84. The lowest BCUT2D eigenvalue weighted by Gasteiger charge is -2.11. The Bertz CT molecular complexity index is 838. The first-order valence-electron chi connectivity index (χ1n) is 6.44. The maximum atomic E-state index is 11.3. The fourth-order valence-electron chi connectivity index (χ4n) is 2.23. The van der Waals surface area contributed by atoms with Gasteiger partial charge in [0.25, 0.3) is 0 Å². The second-order valence-electron chi connectivity index (χ2n) is 4.62. The Balaban J connectivity index is 1.87. The van der Waals surface area contributed by atoms with Crippen LogP contribution in [0.2, 0.25) is 0 Å². The van der Waals surface area contributed by atoms with Gasteiger partial charge in [0.1, 0.15) is 5.75 Å². The van der Waals surface area contributed by atoms with E-state index < -0.39 is 0 Å². The van der Waals surface area contributed by atoms with Gasteiger partial charge in [-0.2, -0.15) is 0 Å². The molecule has 0 aliphatic carbocycles. The third-order valence-corrected chi connectivity index (χ3v) is 3.92. The lowest BCUT2D eigenvalue weighted by Crippen LogP contribution is -2.02. The molecule has 0 aliphatic rings. The third kappa shape index (κ3) is 2.80. The summed E-state index contributed by atoms with van der Waals surface area (Å²) in [5.74, 6) is 0.845. The van der Waals surface area contributed by atoms with Gasteiger partial charge in [-0.1, -0.05) is 18.2 Å². The van der Waals surface area contributed by atoms with E-state index in [2.05, 4.69) is 31.2 Å². The fourth-order valence-corrected chi connectivity index (χ4v) is 2.71. The standard InChI is InChI=1S/C15H14BrN3O2/c1-21-14-5-3-2-4-9(14)8-17-11-7-13-12(6-10(11)16)18-15(20)19-13/h2-7,17H,8H2,1H3,(H2,18,19,20). The normalized spacial score (nSPS) is 10.8. The predicted octanol–water partition coefficient (Wildman–Crippen LogP) is 3.24. The van der Waals surface area contributed by atoms with E-state index in [-0.39, 0.29) is 5.69 Å². The number of nitrogens with one attached hydrogen (secondary N) is 3. The van der Waals surface area contributed by atoms with E-state index >= 15 is 0 Å². The van der Waals surface area contributed by atoms with E-state index in [0.717, 1.165) is 32.5 Å². The molecule has 108 valence electrons. The molecule has 5 nitrogen and oxygen atoms in total. The van der Waals surface area contributed by atoms with Crippen molar-refractivity contribution in [2.75, 3.05) is 12.4 Å². The highest BCUT2D eigenvalue weighted by Crippen LogP contribution is 2.27. The number of ether oxygens (including phenoxy) is 1. The number of benzene rings is 2. The molecule has 1 aromatic heterocycles. The van der Waals surface area contributed by atoms with E-state index in [1.165, 1.54) is 0 Å². The van der Waals surface area contributed by atoms with Crippen molar-refractivity contribution in [1.82, 2.24) is 9.97 Å². The fraction of sp³-hybridized carbons (Fsp3) is 0.133. The summed E-state index contributed by atoms with van der Waals surface area (Å²) in [5.41, 5.74) is 3.30. The molecule has 1 heterocycles. The van der Waals surface area contributed by atoms with Crippen LogP contribution in [0.1, 0.15) is 5.56 Å². The Morgan fingerprint density at radius 1 is 1.19 bits per heavy atom. The Hall–Kier alpha value is -2.21. The number of halogens is 1. The Morgan fingerprint density at radius 3 is 2.67 bits per heavy atom. The minimum absolute atomic E-state index is 0.209. The summed E-state index contributed by atoms with van der Waals surface area (Å²) in [4.78, 5) is 16.8. The van der Waals surface area contributed by atoms with Crippen LogP contribution in [0.25, 0.3) is 11.0 Å². The molecule has 0 bridgehead atoms. The lowest BCUT2D eigenvalue weighted by molar-refractivity contribution is 0.410. The smallest absolute Gasteiger partial charge is 0.323 e. The molecule has 6 heteroatoms. The van der Waals surface area contributed by atoms with Crippen molar-refractivity contribution >= 4 is 32.7 Å². The van der Waals surface area contributed by atoms with E-state index in [1.54, 1.807) is 7.11 Å². The van der Waals surface area contributed by atoms with Gasteiger partial charge in [-0.3, -0.25) is 0 Å². The van der Waals surface area contributed by atoms with E-state index in [9.17, 15) is 4.79 Å². The number of hydrogen-bond acceptors (Lipinski definition) is 3.